The quantitative estimate of drug-likeness (QED) is 0.900. The molecule has 1 aromatic carbocycles. The summed E-state index contributed by atoms with van der Waals surface area (Å²) in [5, 5.41) is 2.30. The highest BCUT2D eigenvalue weighted by Gasteiger charge is 2.44. The number of hydrogen-bond acceptors (Lipinski definition) is 3. The Hall–Kier alpha value is -2.40. The lowest BCUT2D eigenvalue weighted by molar-refractivity contribution is -0.579. The van der Waals surface area contributed by atoms with Crippen LogP contribution in [0.1, 0.15) is 31.2 Å². The van der Waals surface area contributed by atoms with Crippen LogP contribution in [0.2, 0.25) is 0 Å². The van der Waals surface area contributed by atoms with Crippen molar-refractivity contribution in [3.05, 3.63) is 60.4 Å². The first-order valence-electron chi connectivity index (χ1n) is 9.52. The normalized spacial score (nSPS) is 24.5. The summed E-state index contributed by atoms with van der Waals surface area (Å²) < 4.78 is 5.59. The molecule has 2 saturated heterocycles. The number of carbonyl (C=O) groups excluding carboxylic acids is 1. The van der Waals surface area contributed by atoms with Crippen LogP contribution in [0.15, 0.2) is 54.9 Å². The second kappa shape index (κ2) is 7.87. The van der Waals surface area contributed by atoms with Crippen molar-refractivity contribution in [1.82, 2.24) is 9.88 Å². The summed E-state index contributed by atoms with van der Waals surface area (Å²) in [5.74, 6) is 0.652. The van der Waals surface area contributed by atoms with Gasteiger partial charge in [0.15, 0.2) is 0 Å². The summed E-state index contributed by atoms with van der Waals surface area (Å²) in [6.45, 7) is 1.43. The van der Waals surface area contributed by atoms with Gasteiger partial charge in [0.25, 0.3) is 0 Å². The minimum atomic E-state index is -0.141. The lowest BCUT2D eigenvalue weighted by Gasteiger charge is -2.37. The first-order valence-corrected chi connectivity index (χ1v) is 9.52. The van der Waals surface area contributed by atoms with Gasteiger partial charge in [-0.2, -0.15) is 0 Å². The van der Waals surface area contributed by atoms with Gasteiger partial charge in [0.05, 0.1) is 6.54 Å². The monoisotopic (exact) mass is 352 g/mol. The highest BCUT2D eigenvalue weighted by molar-refractivity contribution is 5.69. The van der Waals surface area contributed by atoms with Crippen molar-refractivity contribution >= 4 is 11.8 Å². The molecule has 2 N–H and O–H groups in total. The number of hydrogen-bond donors (Lipinski definition) is 1. The van der Waals surface area contributed by atoms with E-state index < -0.39 is 0 Å². The van der Waals surface area contributed by atoms with E-state index in [2.05, 4.69) is 10.3 Å². The predicted octanol–water partition coefficient (Wildman–Crippen LogP) is 2.86. The fourth-order valence-electron chi connectivity index (χ4n) is 4.38. The summed E-state index contributed by atoms with van der Waals surface area (Å²) in [4.78, 5) is 18.7. The molecular formula is C21H26N3O2+. The second-order valence-corrected chi connectivity index (χ2v) is 7.39. The molecule has 0 radical (unpaired) electrons. The standard InChI is InChI=1S/C21H25N3O2/c25-21(26-15-16-4-2-1-3-5-16)24-19-6-7-20(24)13-17(12-19)14-23-18-8-10-22-11-9-18/h1-5,8-11,17,19-20H,6-7,12-15H2,(H,22,23)/p+1. The summed E-state index contributed by atoms with van der Waals surface area (Å²) in [6.07, 6.45) is 7.91. The maximum absolute atomic E-state index is 12.6. The lowest BCUT2D eigenvalue weighted by atomic mass is 9.91. The number of quaternary nitrogens is 1. The Morgan fingerprint density at radius 2 is 1.77 bits per heavy atom. The van der Waals surface area contributed by atoms with E-state index >= 15 is 0 Å². The van der Waals surface area contributed by atoms with Crippen molar-refractivity contribution in [1.29, 1.82) is 0 Å². The highest BCUT2D eigenvalue weighted by Crippen LogP contribution is 2.38. The molecule has 3 heterocycles. The zero-order valence-corrected chi connectivity index (χ0v) is 15.0. The number of aromatic nitrogens is 1. The molecule has 2 bridgehead atoms. The number of carbonyl (C=O) groups is 1. The van der Waals surface area contributed by atoms with Gasteiger partial charge >= 0.3 is 6.09 Å². The smallest absolute Gasteiger partial charge is 0.410 e. The molecule has 4 rings (SSSR count). The molecular weight excluding hydrogens is 326 g/mol. The fourth-order valence-corrected chi connectivity index (χ4v) is 4.38. The van der Waals surface area contributed by atoms with Crippen LogP contribution in [-0.2, 0) is 11.3 Å². The van der Waals surface area contributed by atoms with Crippen LogP contribution in [0, 0.1) is 5.92 Å². The van der Waals surface area contributed by atoms with Crippen molar-refractivity contribution < 1.29 is 14.8 Å². The van der Waals surface area contributed by atoms with E-state index in [0.29, 0.717) is 24.6 Å². The molecule has 136 valence electrons. The summed E-state index contributed by atoms with van der Waals surface area (Å²) in [5.41, 5.74) is 2.27. The molecule has 0 spiro atoms. The molecule has 5 nitrogen and oxygen atoms in total. The number of amides is 1. The van der Waals surface area contributed by atoms with Crippen LogP contribution in [0.3, 0.4) is 0 Å². The average Bonchev–Trinajstić information content (AvgIpc) is 2.96. The topological polar surface area (TPSA) is 59.0 Å². The van der Waals surface area contributed by atoms with Crippen LogP contribution < -0.4 is 5.32 Å². The SMILES string of the molecule is O=C(OCc1ccccc1)N1C2CCC1CC(C[NH2+]c1ccncc1)C2. The van der Waals surface area contributed by atoms with Crippen LogP contribution in [0.4, 0.5) is 10.5 Å². The van der Waals surface area contributed by atoms with Gasteiger partial charge < -0.3 is 15.0 Å². The van der Waals surface area contributed by atoms with Crippen molar-refractivity contribution in [3.63, 3.8) is 0 Å². The van der Waals surface area contributed by atoms with Crippen molar-refractivity contribution in [2.45, 2.75) is 44.4 Å². The maximum atomic E-state index is 12.6. The Morgan fingerprint density at radius 1 is 1.08 bits per heavy atom. The van der Waals surface area contributed by atoms with Gasteiger partial charge in [0.2, 0.25) is 0 Å². The number of piperidine rings is 1. The zero-order chi connectivity index (χ0) is 17.8. The van der Waals surface area contributed by atoms with Gasteiger partial charge in [0.1, 0.15) is 12.3 Å². The van der Waals surface area contributed by atoms with Crippen LogP contribution in [0.5, 0.6) is 0 Å². The number of nitrogens with two attached hydrogens (primary N) is 1. The fraction of sp³-hybridized carbons (Fsp3) is 0.429. The molecule has 2 aliphatic rings. The molecule has 2 fully saturated rings. The van der Waals surface area contributed by atoms with E-state index in [1.165, 1.54) is 5.69 Å². The number of fused-ring (bicyclic) bond motifs is 2. The minimum Gasteiger partial charge on any atom is -0.445 e. The molecule has 1 amide bonds. The Labute approximate surface area is 154 Å². The van der Waals surface area contributed by atoms with Gasteiger partial charge in [-0.3, -0.25) is 4.98 Å². The molecule has 2 atom stereocenters. The Bertz CT molecular complexity index is 709. The van der Waals surface area contributed by atoms with E-state index in [4.69, 9.17) is 4.74 Å². The van der Waals surface area contributed by atoms with Gasteiger partial charge in [0, 0.05) is 42.5 Å². The predicted molar refractivity (Wildman–Crippen MR) is 98.7 cm³/mol. The summed E-state index contributed by atoms with van der Waals surface area (Å²) >= 11 is 0. The highest BCUT2D eigenvalue weighted by atomic mass is 16.6. The molecule has 2 aromatic rings. The molecule has 2 unspecified atom stereocenters. The first-order chi connectivity index (χ1) is 12.8. The van der Waals surface area contributed by atoms with Gasteiger partial charge in [-0.15, -0.1) is 0 Å². The number of ether oxygens (including phenoxy) is 1. The largest absolute Gasteiger partial charge is 0.445 e. The van der Waals surface area contributed by atoms with E-state index in [1.807, 2.05) is 59.8 Å². The van der Waals surface area contributed by atoms with E-state index in [9.17, 15) is 4.79 Å². The molecule has 26 heavy (non-hydrogen) atoms. The number of benzene rings is 1. The van der Waals surface area contributed by atoms with Crippen molar-refractivity contribution in [2.75, 3.05) is 6.54 Å². The summed E-state index contributed by atoms with van der Waals surface area (Å²) in [6, 6.07) is 14.7. The molecule has 5 heteroatoms. The van der Waals surface area contributed by atoms with Gasteiger partial charge in [-0.1, -0.05) is 30.3 Å². The number of rotatable bonds is 5. The Kier molecular flexibility index (Phi) is 5.16. The molecule has 0 aliphatic carbocycles. The lowest BCUT2D eigenvalue weighted by Crippen LogP contribution is -2.80. The van der Waals surface area contributed by atoms with Crippen molar-refractivity contribution in [2.24, 2.45) is 5.92 Å². The molecule has 2 aliphatic heterocycles. The molecule has 0 saturated carbocycles. The second-order valence-electron chi connectivity index (χ2n) is 7.39. The first kappa shape index (κ1) is 17.0. The van der Waals surface area contributed by atoms with Crippen LogP contribution >= 0.6 is 0 Å². The number of nitrogens with zero attached hydrogens (tertiary/aromatic N) is 2. The van der Waals surface area contributed by atoms with Crippen molar-refractivity contribution in [3.8, 4) is 0 Å². The minimum absolute atomic E-state index is 0.141. The number of pyridine rings is 1. The van der Waals surface area contributed by atoms with E-state index in [1.54, 1.807) is 0 Å². The zero-order valence-electron chi connectivity index (χ0n) is 15.0. The maximum Gasteiger partial charge on any atom is 0.410 e. The third-order valence-electron chi connectivity index (χ3n) is 5.64. The molecule has 1 aromatic heterocycles. The Balaban J connectivity index is 1.30. The van der Waals surface area contributed by atoms with Crippen LogP contribution in [0.25, 0.3) is 0 Å². The third kappa shape index (κ3) is 3.88. The van der Waals surface area contributed by atoms with Gasteiger partial charge in [-0.25, -0.2) is 4.79 Å². The van der Waals surface area contributed by atoms with Gasteiger partial charge in [-0.05, 0) is 31.2 Å². The van der Waals surface area contributed by atoms with E-state index in [-0.39, 0.29) is 6.09 Å². The van der Waals surface area contributed by atoms with Crippen LogP contribution in [-0.4, -0.2) is 34.6 Å². The average molecular weight is 352 g/mol. The Morgan fingerprint density at radius 3 is 2.46 bits per heavy atom. The summed E-state index contributed by atoms with van der Waals surface area (Å²) in [7, 11) is 0. The van der Waals surface area contributed by atoms with E-state index in [0.717, 1.165) is 37.8 Å². The third-order valence-corrected chi connectivity index (χ3v) is 5.64.